The Morgan fingerprint density at radius 2 is 1.83 bits per heavy atom. The third-order valence-corrected chi connectivity index (χ3v) is 5.56. The molecule has 0 aliphatic heterocycles. The molecule has 0 saturated heterocycles. The van der Waals surface area contributed by atoms with Crippen LogP contribution in [0.5, 0.6) is 5.75 Å². The van der Waals surface area contributed by atoms with Crippen molar-refractivity contribution in [1.29, 1.82) is 0 Å². The zero-order chi connectivity index (χ0) is 20.2. The van der Waals surface area contributed by atoms with Crippen LogP contribution in [0.25, 0.3) is 22.3 Å². The first-order valence-electron chi connectivity index (χ1n) is 10.1. The maximum absolute atomic E-state index is 11.9. The third-order valence-electron chi connectivity index (χ3n) is 5.56. The first-order chi connectivity index (χ1) is 14.1. The normalized spacial score (nSPS) is 14.7. The smallest absolute Gasteiger partial charge is 0.252 e. The van der Waals surface area contributed by atoms with Crippen LogP contribution in [-0.4, -0.2) is 27.3 Å². The van der Waals surface area contributed by atoms with Crippen molar-refractivity contribution in [2.75, 3.05) is 6.61 Å². The second-order valence-corrected chi connectivity index (χ2v) is 7.76. The molecule has 1 aromatic carbocycles. The maximum Gasteiger partial charge on any atom is 0.252 e. The highest BCUT2D eigenvalue weighted by Crippen LogP contribution is 2.31. The SMILES string of the molecule is Cn1cc(-c2cncc(-c3ccc(C(N)=O)c(OCC4CCCCC4)c3)c2)cn1. The van der Waals surface area contributed by atoms with Crippen LogP contribution in [0, 0.1) is 5.92 Å². The second-order valence-electron chi connectivity index (χ2n) is 7.76. The summed E-state index contributed by atoms with van der Waals surface area (Å²) in [6, 6.07) is 7.59. The summed E-state index contributed by atoms with van der Waals surface area (Å²) < 4.78 is 7.85. The lowest BCUT2D eigenvalue weighted by Crippen LogP contribution is -2.18. The van der Waals surface area contributed by atoms with E-state index in [1.807, 2.05) is 44.0 Å². The number of carbonyl (C=O) groups is 1. The molecule has 0 bridgehead atoms. The fourth-order valence-corrected chi connectivity index (χ4v) is 3.91. The lowest BCUT2D eigenvalue weighted by molar-refractivity contribution is 0.0994. The van der Waals surface area contributed by atoms with Crippen LogP contribution in [0.3, 0.4) is 0 Å². The van der Waals surface area contributed by atoms with Gasteiger partial charge in [0.2, 0.25) is 0 Å². The number of ether oxygens (including phenoxy) is 1. The van der Waals surface area contributed by atoms with E-state index in [0.29, 0.717) is 23.8 Å². The molecule has 3 aromatic rings. The van der Waals surface area contributed by atoms with Crippen molar-refractivity contribution in [3.63, 3.8) is 0 Å². The van der Waals surface area contributed by atoms with E-state index in [9.17, 15) is 4.79 Å². The average molecular weight is 390 g/mol. The lowest BCUT2D eigenvalue weighted by Gasteiger charge is -2.22. The molecular weight excluding hydrogens is 364 g/mol. The number of amides is 1. The Morgan fingerprint density at radius 3 is 2.52 bits per heavy atom. The molecule has 0 spiro atoms. The molecule has 0 radical (unpaired) electrons. The minimum Gasteiger partial charge on any atom is -0.492 e. The van der Waals surface area contributed by atoms with Crippen molar-refractivity contribution in [3.05, 3.63) is 54.6 Å². The Hall–Kier alpha value is -3.15. The number of aryl methyl sites for hydroxylation is 1. The Labute approximate surface area is 170 Å². The summed E-state index contributed by atoms with van der Waals surface area (Å²) in [7, 11) is 1.89. The molecule has 1 aliphatic rings. The first kappa shape index (κ1) is 19.2. The molecule has 1 aliphatic carbocycles. The van der Waals surface area contributed by atoms with E-state index >= 15 is 0 Å². The number of carbonyl (C=O) groups excluding carboxylic acids is 1. The zero-order valence-corrected chi connectivity index (χ0v) is 16.7. The van der Waals surface area contributed by atoms with Gasteiger partial charge in [0.25, 0.3) is 5.91 Å². The topological polar surface area (TPSA) is 83.0 Å². The van der Waals surface area contributed by atoms with Crippen LogP contribution < -0.4 is 10.5 Å². The highest BCUT2D eigenvalue weighted by Gasteiger charge is 2.17. The molecule has 0 atom stereocenters. The molecule has 2 N–H and O–H groups in total. The van der Waals surface area contributed by atoms with E-state index in [1.54, 1.807) is 10.7 Å². The highest BCUT2D eigenvalue weighted by atomic mass is 16.5. The van der Waals surface area contributed by atoms with E-state index in [2.05, 4.69) is 16.1 Å². The third kappa shape index (κ3) is 4.47. The van der Waals surface area contributed by atoms with Crippen molar-refractivity contribution in [2.45, 2.75) is 32.1 Å². The minimum atomic E-state index is -0.475. The molecule has 0 unspecified atom stereocenters. The van der Waals surface area contributed by atoms with Gasteiger partial charge in [-0.3, -0.25) is 14.5 Å². The molecule has 150 valence electrons. The van der Waals surface area contributed by atoms with E-state index in [1.165, 1.54) is 32.1 Å². The summed E-state index contributed by atoms with van der Waals surface area (Å²) in [4.78, 5) is 16.3. The number of benzene rings is 1. The number of nitrogens with zero attached hydrogens (tertiary/aromatic N) is 3. The Kier molecular flexibility index (Phi) is 5.60. The van der Waals surface area contributed by atoms with E-state index in [4.69, 9.17) is 10.5 Å². The molecule has 6 heteroatoms. The molecular formula is C23H26N4O2. The van der Waals surface area contributed by atoms with E-state index < -0.39 is 5.91 Å². The number of aromatic nitrogens is 3. The monoisotopic (exact) mass is 390 g/mol. The predicted molar refractivity (Wildman–Crippen MR) is 112 cm³/mol. The zero-order valence-electron chi connectivity index (χ0n) is 16.7. The fraction of sp³-hybridized carbons (Fsp3) is 0.348. The van der Waals surface area contributed by atoms with E-state index in [0.717, 1.165) is 22.3 Å². The van der Waals surface area contributed by atoms with Crippen molar-refractivity contribution < 1.29 is 9.53 Å². The van der Waals surface area contributed by atoms with Crippen LogP contribution in [-0.2, 0) is 7.05 Å². The van der Waals surface area contributed by atoms with Crippen LogP contribution in [0.4, 0.5) is 0 Å². The van der Waals surface area contributed by atoms with Gasteiger partial charge in [-0.25, -0.2) is 0 Å². The molecule has 2 aromatic heterocycles. The predicted octanol–water partition coefficient (Wildman–Crippen LogP) is 4.21. The largest absolute Gasteiger partial charge is 0.492 e. The summed E-state index contributed by atoms with van der Waals surface area (Å²) in [6.07, 6.45) is 13.6. The van der Waals surface area contributed by atoms with Gasteiger partial charge in [-0.2, -0.15) is 5.10 Å². The summed E-state index contributed by atoms with van der Waals surface area (Å²) >= 11 is 0. The van der Waals surface area contributed by atoms with Crippen molar-refractivity contribution in [1.82, 2.24) is 14.8 Å². The van der Waals surface area contributed by atoms with Crippen LogP contribution in [0.15, 0.2) is 49.1 Å². The van der Waals surface area contributed by atoms with Gasteiger partial charge >= 0.3 is 0 Å². The van der Waals surface area contributed by atoms with Crippen LogP contribution in [0.2, 0.25) is 0 Å². The number of primary amides is 1. The van der Waals surface area contributed by atoms with E-state index in [-0.39, 0.29) is 0 Å². The number of hydrogen-bond donors (Lipinski definition) is 1. The molecule has 2 heterocycles. The molecule has 1 amide bonds. The number of pyridine rings is 1. The molecule has 1 fully saturated rings. The lowest BCUT2D eigenvalue weighted by atomic mass is 9.90. The van der Waals surface area contributed by atoms with Crippen molar-refractivity contribution >= 4 is 5.91 Å². The Bertz CT molecular complexity index is 1010. The van der Waals surface area contributed by atoms with Gasteiger partial charge in [0, 0.05) is 42.3 Å². The van der Waals surface area contributed by atoms with Gasteiger partial charge in [-0.05, 0) is 42.5 Å². The van der Waals surface area contributed by atoms with Crippen LogP contribution >= 0.6 is 0 Å². The van der Waals surface area contributed by atoms with Gasteiger partial charge in [0.1, 0.15) is 5.75 Å². The van der Waals surface area contributed by atoms with Gasteiger partial charge < -0.3 is 10.5 Å². The summed E-state index contributed by atoms with van der Waals surface area (Å²) in [5.74, 6) is 0.619. The molecule has 1 saturated carbocycles. The first-order valence-corrected chi connectivity index (χ1v) is 10.1. The Balaban J connectivity index is 1.61. The summed E-state index contributed by atoms with van der Waals surface area (Å²) in [5, 5.41) is 4.23. The van der Waals surface area contributed by atoms with Gasteiger partial charge in [-0.15, -0.1) is 0 Å². The molecule has 6 nitrogen and oxygen atoms in total. The molecule has 29 heavy (non-hydrogen) atoms. The quantitative estimate of drug-likeness (QED) is 0.683. The Morgan fingerprint density at radius 1 is 1.07 bits per heavy atom. The summed E-state index contributed by atoms with van der Waals surface area (Å²) in [5.41, 5.74) is 9.87. The van der Waals surface area contributed by atoms with Gasteiger partial charge in [0.15, 0.2) is 0 Å². The van der Waals surface area contributed by atoms with Crippen LogP contribution in [0.1, 0.15) is 42.5 Å². The fourth-order valence-electron chi connectivity index (χ4n) is 3.91. The number of rotatable bonds is 6. The maximum atomic E-state index is 11.9. The second kappa shape index (κ2) is 8.47. The number of nitrogens with two attached hydrogens (primary N) is 1. The van der Waals surface area contributed by atoms with Crippen molar-refractivity contribution in [3.8, 4) is 28.0 Å². The minimum absolute atomic E-state index is 0.418. The average Bonchev–Trinajstić information content (AvgIpc) is 3.19. The molecule has 4 rings (SSSR count). The standard InChI is InChI=1S/C23H26N4O2/c1-27-14-20(13-26-27)19-9-18(11-25-12-19)17-7-8-21(23(24)28)22(10-17)29-15-16-5-3-2-4-6-16/h7-14,16H,2-6,15H2,1H3,(H2,24,28). The van der Waals surface area contributed by atoms with Gasteiger partial charge in [0.05, 0.1) is 18.4 Å². The van der Waals surface area contributed by atoms with Gasteiger partial charge in [-0.1, -0.05) is 25.3 Å². The summed E-state index contributed by atoms with van der Waals surface area (Å²) in [6.45, 7) is 0.623. The number of hydrogen-bond acceptors (Lipinski definition) is 4. The highest BCUT2D eigenvalue weighted by molar-refractivity contribution is 5.96. The van der Waals surface area contributed by atoms with Crippen molar-refractivity contribution in [2.24, 2.45) is 18.7 Å².